The van der Waals surface area contributed by atoms with Gasteiger partial charge in [0.15, 0.2) is 0 Å². The smallest absolute Gasteiger partial charge is 0.418 e. The number of hydrogen-bond acceptors (Lipinski definition) is 0. The van der Waals surface area contributed by atoms with E-state index in [0.717, 1.165) is 4.48 Å². The first-order valence-corrected chi connectivity index (χ1v) is 2.66. The van der Waals surface area contributed by atoms with E-state index >= 15 is 0 Å². The summed E-state index contributed by atoms with van der Waals surface area (Å²) in [5.41, 5.74) is 0. The molecular weight excluding hydrogens is 229 g/mol. The Balaban J connectivity index is -0.000000107. The Bertz CT molecular complexity index is 65.1. The van der Waals surface area contributed by atoms with Crippen LogP contribution in [0.25, 0.3) is 0 Å². The van der Waals surface area contributed by atoms with Crippen LogP contribution in [0.5, 0.6) is 0 Å². The van der Waals surface area contributed by atoms with Crippen molar-refractivity contribution in [2.24, 2.45) is 0 Å². The Morgan fingerprint density at radius 3 is 0.818 bits per heavy atom. The van der Waals surface area contributed by atoms with Gasteiger partial charge in [-0.25, -0.2) is 0 Å². The zero-order valence-corrected chi connectivity index (χ0v) is 8.66. The van der Waals surface area contributed by atoms with Crippen molar-refractivity contribution in [3.8, 4) is 0 Å². The monoisotopic (exact) mass is 241 g/mol. The Hall–Kier alpha value is 0.225. The van der Waals surface area contributed by atoms with Gasteiger partial charge in [-0.15, -0.1) is 17.0 Å². The van der Waals surface area contributed by atoms with Crippen LogP contribution in [-0.4, -0.2) is 39.9 Å². The van der Waals surface area contributed by atoms with Crippen LogP contribution in [0.1, 0.15) is 0 Å². The topological polar surface area (TPSA) is 0 Å². The lowest BCUT2D eigenvalue weighted by Gasteiger charge is -2.14. The summed E-state index contributed by atoms with van der Waals surface area (Å²) in [5, 5.41) is 0. The molecule has 0 aromatic carbocycles. The summed E-state index contributed by atoms with van der Waals surface area (Å²) in [6.45, 7) is 0. The van der Waals surface area contributed by atoms with Crippen molar-refractivity contribution >= 4 is 24.2 Å². The zero-order chi connectivity index (χ0) is 9.00. The zero-order valence-electron chi connectivity index (χ0n) is 6.94. The Morgan fingerprint density at radius 2 is 0.818 bits per heavy atom. The lowest BCUT2D eigenvalue weighted by atomic mass is 10.3. The average molecular weight is 242 g/mol. The minimum absolute atomic E-state index is 0. The molecule has 0 saturated carbocycles. The molecule has 0 aliphatic rings. The van der Waals surface area contributed by atoms with Gasteiger partial charge in [-0.1, -0.05) is 0 Å². The molecule has 0 amide bonds. The molecule has 0 atom stereocenters. The summed E-state index contributed by atoms with van der Waals surface area (Å²) in [4.78, 5) is 0. The third-order valence-corrected chi connectivity index (χ3v) is 0. The minimum atomic E-state index is -6.00. The molecule has 0 aliphatic carbocycles. The molecule has 0 spiro atoms. The lowest BCUT2D eigenvalue weighted by molar-refractivity contribution is -0.849. The molecule has 1 nitrogen and oxygen atoms in total. The summed E-state index contributed by atoms with van der Waals surface area (Å²) in [5.74, 6) is 0. The quantitative estimate of drug-likeness (QED) is 0.347. The van der Waals surface area contributed by atoms with E-state index < -0.39 is 7.25 Å². The van der Waals surface area contributed by atoms with Crippen molar-refractivity contribution in [2.45, 2.75) is 0 Å². The van der Waals surface area contributed by atoms with Crippen molar-refractivity contribution in [1.82, 2.24) is 0 Å². The first kappa shape index (κ1) is 17.3. The van der Waals surface area contributed by atoms with E-state index in [2.05, 4.69) is 28.2 Å². The molecule has 11 heavy (non-hydrogen) atoms. The summed E-state index contributed by atoms with van der Waals surface area (Å²) in [6, 6.07) is 0. The Kier molecular flexibility index (Phi) is 9.18. The van der Waals surface area contributed by atoms with Crippen molar-refractivity contribution < 1.29 is 21.7 Å². The fraction of sp³-hybridized carbons (Fsp3) is 1.00. The van der Waals surface area contributed by atoms with Gasteiger partial charge in [0, 0.05) is 0 Å². The number of quaternary nitrogens is 1. The fourth-order valence-corrected chi connectivity index (χ4v) is 0. The van der Waals surface area contributed by atoms with Crippen molar-refractivity contribution in [3.05, 3.63) is 0 Å². The predicted octanol–water partition coefficient (Wildman–Crippen LogP) is 2.20. The van der Waals surface area contributed by atoms with Gasteiger partial charge in [0.1, 0.15) is 0 Å². The largest absolute Gasteiger partial charge is 0.673 e. The third kappa shape index (κ3) is 13700. The molecule has 72 valence electrons. The lowest BCUT2D eigenvalue weighted by Crippen LogP contribution is -2.27. The molecule has 0 radical (unpaired) electrons. The third-order valence-electron chi connectivity index (χ3n) is 0. The maximum Gasteiger partial charge on any atom is 0.673 e. The van der Waals surface area contributed by atoms with Gasteiger partial charge in [-0.2, -0.15) is 0 Å². The van der Waals surface area contributed by atoms with Crippen molar-refractivity contribution in [1.29, 1.82) is 0 Å². The van der Waals surface area contributed by atoms with Gasteiger partial charge in [-0.3, -0.25) is 0 Å². The highest BCUT2D eigenvalue weighted by Gasteiger charge is 2.20. The van der Waals surface area contributed by atoms with Crippen molar-refractivity contribution in [3.63, 3.8) is 0 Å². The van der Waals surface area contributed by atoms with E-state index in [-0.39, 0.29) is 17.0 Å². The van der Waals surface area contributed by atoms with Crippen LogP contribution in [0.3, 0.4) is 0 Å². The van der Waals surface area contributed by atoms with E-state index in [1.165, 1.54) is 0 Å². The van der Waals surface area contributed by atoms with Gasteiger partial charge in [0.25, 0.3) is 0 Å². The normalized spacial score (nSPS) is 10.9. The molecule has 0 rings (SSSR count). The Labute approximate surface area is 74.8 Å². The highest BCUT2D eigenvalue weighted by atomic mass is 79.9. The maximum atomic E-state index is 9.75. The number of hydrogen-bond donors (Lipinski definition) is 0. The molecule has 0 aliphatic heterocycles. The van der Waals surface area contributed by atoms with Crippen LogP contribution in [0.4, 0.5) is 17.3 Å². The second-order valence-electron chi connectivity index (χ2n) is 3.18. The summed E-state index contributed by atoms with van der Waals surface area (Å²) < 4.78 is 40.0. The van der Waals surface area contributed by atoms with E-state index in [0.29, 0.717) is 0 Å². The van der Waals surface area contributed by atoms with Gasteiger partial charge in [0.2, 0.25) is 0 Å². The molecular formula is C4H13BBrF4N. The van der Waals surface area contributed by atoms with Gasteiger partial charge < -0.3 is 21.7 Å². The number of nitrogens with zero attached hydrogens (tertiary/aromatic N) is 1. The number of halogens is 5. The second kappa shape index (κ2) is 5.82. The van der Waals surface area contributed by atoms with Gasteiger partial charge in [0.05, 0.1) is 28.2 Å². The highest BCUT2D eigenvalue weighted by molar-refractivity contribution is 8.93. The number of rotatable bonds is 0. The van der Waals surface area contributed by atoms with E-state index in [4.69, 9.17) is 0 Å². The first-order valence-electron chi connectivity index (χ1n) is 2.66. The molecule has 0 aromatic heterocycles. The average Bonchev–Trinajstić information content (AvgIpc) is 1.12. The second-order valence-corrected chi connectivity index (χ2v) is 3.18. The van der Waals surface area contributed by atoms with Gasteiger partial charge in [-0.05, 0) is 0 Å². The maximum absolute atomic E-state index is 9.75. The van der Waals surface area contributed by atoms with E-state index in [1.807, 2.05) is 0 Å². The molecule has 0 saturated heterocycles. The Morgan fingerprint density at radius 1 is 0.818 bits per heavy atom. The van der Waals surface area contributed by atoms with E-state index in [1.54, 1.807) is 0 Å². The van der Waals surface area contributed by atoms with Crippen LogP contribution in [0.2, 0.25) is 0 Å². The molecule has 0 heterocycles. The summed E-state index contributed by atoms with van der Waals surface area (Å²) in [6.07, 6.45) is 0. The molecule has 0 N–H and O–H groups in total. The minimum Gasteiger partial charge on any atom is -0.418 e. The van der Waals surface area contributed by atoms with Crippen LogP contribution in [0, 0.1) is 0 Å². The van der Waals surface area contributed by atoms with Crippen LogP contribution >= 0.6 is 17.0 Å². The van der Waals surface area contributed by atoms with E-state index in [9.17, 15) is 17.3 Å². The molecule has 0 fully saturated rings. The van der Waals surface area contributed by atoms with Gasteiger partial charge >= 0.3 is 7.25 Å². The summed E-state index contributed by atoms with van der Waals surface area (Å²) >= 11 is 0. The molecule has 0 unspecified atom stereocenters. The molecule has 7 heteroatoms. The highest BCUT2D eigenvalue weighted by Crippen LogP contribution is 2.06. The first-order chi connectivity index (χ1) is 4.00. The molecule has 0 bridgehead atoms. The van der Waals surface area contributed by atoms with Crippen molar-refractivity contribution in [2.75, 3.05) is 28.2 Å². The van der Waals surface area contributed by atoms with Crippen LogP contribution in [0.15, 0.2) is 0 Å². The predicted molar refractivity (Wildman–Crippen MR) is 44.5 cm³/mol. The SMILES string of the molecule is Br.C[N+](C)(C)C.F[B-](F)(F)F. The van der Waals surface area contributed by atoms with Crippen LogP contribution < -0.4 is 0 Å². The summed E-state index contributed by atoms with van der Waals surface area (Å²) in [7, 11) is 2.50. The van der Waals surface area contributed by atoms with Crippen LogP contribution in [-0.2, 0) is 0 Å². The standard InChI is InChI=1S/C4H12N.BF4.BrH/c1-5(2,3)4;2-1(3,4)5;/h1-4H3;;1H/q+1;-1;. The fourth-order valence-electron chi connectivity index (χ4n) is 0. The molecule has 0 aromatic rings.